The molecule has 9 nitrogen and oxygen atoms in total. The van der Waals surface area contributed by atoms with Crippen LogP contribution < -0.4 is 15.9 Å². The highest BCUT2D eigenvalue weighted by atomic mass is 19.1. The largest absolute Gasteiger partial charge is 0.392 e. The summed E-state index contributed by atoms with van der Waals surface area (Å²) in [5, 5.41) is 20.0. The van der Waals surface area contributed by atoms with Gasteiger partial charge in [0.2, 0.25) is 0 Å². The number of halogens is 1. The highest BCUT2D eigenvalue weighted by Crippen LogP contribution is 2.39. The summed E-state index contributed by atoms with van der Waals surface area (Å²) in [5.74, 6) is 0.191. The van der Waals surface area contributed by atoms with Gasteiger partial charge in [0.15, 0.2) is 0 Å². The first-order chi connectivity index (χ1) is 22.4. The zero-order chi connectivity index (χ0) is 33.5. The normalized spacial score (nSPS) is 15.6. The molecule has 0 saturated carbocycles. The van der Waals surface area contributed by atoms with E-state index in [4.69, 9.17) is 0 Å². The maximum atomic E-state index is 15.5. The van der Waals surface area contributed by atoms with Crippen LogP contribution >= 0.6 is 0 Å². The van der Waals surface area contributed by atoms with Crippen molar-refractivity contribution in [1.29, 1.82) is 0 Å². The maximum absolute atomic E-state index is 15.5. The summed E-state index contributed by atoms with van der Waals surface area (Å²) in [6.07, 6.45) is 5.21. The van der Waals surface area contributed by atoms with Crippen LogP contribution in [0.25, 0.3) is 16.8 Å². The van der Waals surface area contributed by atoms with Crippen LogP contribution in [0.3, 0.4) is 0 Å². The highest BCUT2D eigenvalue weighted by Gasteiger charge is 2.27. The second kappa shape index (κ2) is 12.9. The Balaban J connectivity index is 1.28. The SMILES string of the molecule is C=C1c2c(F)cc(C(C)(C)C)cc2C=NN1c1cccc(-c2cc(Nc3ccc(CN4CCN(C)CC4)cn3)c(=O)n(C)c2)c1CO. The lowest BCUT2D eigenvalue weighted by atomic mass is 9.84. The zero-order valence-electron chi connectivity index (χ0n) is 27.7. The van der Waals surface area contributed by atoms with Gasteiger partial charge in [-0.1, -0.05) is 45.5 Å². The quantitative estimate of drug-likeness (QED) is 0.270. The number of nitrogens with zero attached hydrogens (tertiary/aromatic N) is 6. The third-order valence-electron chi connectivity index (χ3n) is 8.96. The highest BCUT2D eigenvalue weighted by molar-refractivity contribution is 5.97. The zero-order valence-corrected chi connectivity index (χ0v) is 27.7. The van der Waals surface area contributed by atoms with Gasteiger partial charge in [-0.15, -0.1) is 0 Å². The molecule has 244 valence electrons. The van der Waals surface area contributed by atoms with Gasteiger partial charge in [-0.05, 0) is 59.5 Å². The van der Waals surface area contributed by atoms with Gasteiger partial charge in [0, 0.05) is 74.4 Å². The number of aryl methyl sites for hydroxylation is 1. The van der Waals surface area contributed by atoms with E-state index in [0.717, 1.165) is 43.9 Å². The van der Waals surface area contributed by atoms with E-state index in [1.807, 2.05) is 63.4 Å². The number of hydrazone groups is 1. The average Bonchev–Trinajstić information content (AvgIpc) is 3.04. The molecule has 1 fully saturated rings. The molecule has 0 unspecified atom stereocenters. The van der Waals surface area contributed by atoms with E-state index in [1.54, 1.807) is 36.6 Å². The molecule has 10 heteroatoms. The number of rotatable bonds is 7. The van der Waals surface area contributed by atoms with Crippen LogP contribution in [0.4, 0.5) is 21.6 Å². The summed E-state index contributed by atoms with van der Waals surface area (Å²) < 4.78 is 17.0. The Morgan fingerprint density at radius 1 is 1.04 bits per heavy atom. The van der Waals surface area contributed by atoms with E-state index in [1.165, 1.54) is 4.57 Å². The smallest absolute Gasteiger partial charge is 0.274 e. The molecule has 1 saturated heterocycles. The van der Waals surface area contributed by atoms with Gasteiger partial charge in [0.25, 0.3) is 5.56 Å². The molecule has 0 aliphatic carbocycles. The lowest BCUT2D eigenvalue weighted by molar-refractivity contribution is 0.148. The van der Waals surface area contributed by atoms with Crippen LogP contribution in [0.1, 0.15) is 48.6 Å². The molecule has 0 radical (unpaired) electrons. The third kappa shape index (κ3) is 6.62. The number of benzene rings is 2. The first-order valence-corrected chi connectivity index (χ1v) is 15.9. The topological polar surface area (TPSA) is 89.2 Å². The van der Waals surface area contributed by atoms with Crippen molar-refractivity contribution >= 4 is 29.1 Å². The number of aliphatic hydroxyl groups excluding tert-OH is 1. The summed E-state index contributed by atoms with van der Waals surface area (Å²) in [6.45, 7) is 15.0. The Bertz CT molecular complexity index is 1900. The first kappa shape index (κ1) is 32.3. The van der Waals surface area contributed by atoms with E-state index in [9.17, 15) is 9.90 Å². The summed E-state index contributed by atoms with van der Waals surface area (Å²) in [4.78, 5) is 22.5. The second-order valence-corrected chi connectivity index (χ2v) is 13.5. The lowest BCUT2D eigenvalue weighted by Gasteiger charge is -2.32. The number of nitrogens with one attached hydrogen (secondary N) is 1. The molecule has 0 bridgehead atoms. The minimum absolute atomic E-state index is 0.213. The average molecular weight is 636 g/mol. The number of pyridine rings is 2. The van der Waals surface area contributed by atoms with Crippen molar-refractivity contribution in [2.75, 3.05) is 43.6 Å². The van der Waals surface area contributed by atoms with E-state index in [0.29, 0.717) is 50.7 Å². The molecular weight excluding hydrogens is 593 g/mol. The number of fused-ring (bicyclic) bond motifs is 1. The molecule has 2 aliphatic rings. The molecule has 6 rings (SSSR count). The van der Waals surface area contributed by atoms with Crippen LogP contribution in [0.5, 0.6) is 0 Å². The molecule has 0 atom stereocenters. The molecule has 2 N–H and O–H groups in total. The van der Waals surface area contributed by atoms with Crippen molar-refractivity contribution in [2.45, 2.75) is 39.3 Å². The Morgan fingerprint density at radius 3 is 2.49 bits per heavy atom. The van der Waals surface area contributed by atoms with Gasteiger partial charge in [-0.25, -0.2) is 14.4 Å². The number of piperazine rings is 1. The van der Waals surface area contributed by atoms with Crippen molar-refractivity contribution in [2.24, 2.45) is 12.1 Å². The van der Waals surface area contributed by atoms with Crippen LogP contribution in [0, 0.1) is 5.82 Å². The third-order valence-corrected chi connectivity index (χ3v) is 8.96. The van der Waals surface area contributed by atoms with Gasteiger partial charge in [0.05, 0.1) is 24.2 Å². The Hall–Kier alpha value is -4.64. The fourth-order valence-corrected chi connectivity index (χ4v) is 6.12. The van der Waals surface area contributed by atoms with Gasteiger partial charge < -0.3 is 19.9 Å². The predicted octanol–water partition coefficient (Wildman–Crippen LogP) is 5.69. The summed E-state index contributed by atoms with van der Waals surface area (Å²) in [7, 11) is 3.83. The van der Waals surface area contributed by atoms with Crippen molar-refractivity contribution in [3.63, 3.8) is 0 Å². The van der Waals surface area contributed by atoms with Gasteiger partial charge in [0.1, 0.15) is 17.3 Å². The van der Waals surface area contributed by atoms with Crippen molar-refractivity contribution in [1.82, 2.24) is 19.4 Å². The van der Waals surface area contributed by atoms with Crippen LogP contribution in [0.15, 0.2) is 77.4 Å². The molecular formula is C37H42FN7O2. The minimum atomic E-state index is -0.370. The minimum Gasteiger partial charge on any atom is -0.392 e. The van der Waals surface area contributed by atoms with E-state index < -0.39 is 0 Å². The Labute approximate surface area is 275 Å². The number of hydrogen-bond donors (Lipinski definition) is 2. The Kier molecular flexibility index (Phi) is 8.84. The van der Waals surface area contributed by atoms with Crippen molar-refractivity contribution in [3.8, 4) is 11.1 Å². The second-order valence-electron chi connectivity index (χ2n) is 13.5. The van der Waals surface area contributed by atoms with Crippen LogP contribution in [0.2, 0.25) is 0 Å². The van der Waals surface area contributed by atoms with Gasteiger partial charge in [-0.3, -0.25) is 9.69 Å². The van der Waals surface area contributed by atoms with E-state index >= 15 is 4.39 Å². The molecule has 47 heavy (non-hydrogen) atoms. The number of hydrogen-bond acceptors (Lipinski definition) is 8. The fourth-order valence-electron chi connectivity index (χ4n) is 6.12. The van der Waals surface area contributed by atoms with Crippen molar-refractivity contribution < 1.29 is 9.50 Å². The number of anilines is 3. The van der Waals surface area contributed by atoms with Gasteiger partial charge in [-0.2, -0.15) is 5.10 Å². The summed E-state index contributed by atoms with van der Waals surface area (Å²) >= 11 is 0. The summed E-state index contributed by atoms with van der Waals surface area (Å²) in [5.41, 5.74) is 5.85. The number of likely N-dealkylation sites (N-methyl/N-ethyl adjacent to an activating group) is 1. The Morgan fingerprint density at radius 2 is 1.81 bits per heavy atom. The molecule has 2 aliphatic heterocycles. The first-order valence-electron chi connectivity index (χ1n) is 15.9. The predicted molar refractivity (Wildman–Crippen MR) is 188 cm³/mol. The van der Waals surface area contributed by atoms with Gasteiger partial charge >= 0.3 is 0 Å². The monoisotopic (exact) mass is 635 g/mol. The van der Waals surface area contributed by atoms with E-state index in [-0.39, 0.29) is 23.4 Å². The summed E-state index contributed by atoms with van der Waals surface area (Å²) in [6, 6.07) is 14.7. The molecule has 0 amide bonds. The van der Waals surface area contributed by atoms with E-state index in [2.05, 4.69) is 38.8 Å². The van der Waals surface area contributed by atoms with Crippen LogP contribution in [-0.4, -0.2) is 63.9 Å². The molecule has 0 spiro atoms. The van der Waals surface area contributed by atoms with Crippen molar-refractivity contribution in [3.05, 3.63) is 111 Å². The number of aromatic nitrogens is 2. The molecule has 4 heterocycles. The maximum Gasteiger partial charge on any atom is 0.274 e. The van der Waals surface area contributed by atoms with Crippen LogP contribution in [-0.2, 0) is 25.6 Å². The molecule has 4 aromatic rings. The molecule has 2 aromatic carbocycles. The lowest BCUT2D eigenvalue weighted by Crippen LogP contribution is -2.43. The molecule has 2 aromatic heterocycles. The standard InChI is InChI=1S/C37H42FN7O2/c1-24-35-26(16-28(18-31(35)38)37(2,3)4)20-40-45(24)33-9-7-8-29(30(33)23-46)27-17-32(36(47)43(6)22-27)41-34-11-10-25(19-39-34)21-44-14-12-42(5)13-15-44/h7-11,16-20,22,46H,1,12-15,21,23H2,2-6H3,(H,39,41). The fraction of sp³-hybridized carbons (Fsp3) is 0.324. The number of aliphatic hydroxyl groups is 1.